The van der Waals surface area contributed by atoms with Crippen LogP contribution in [0.2, 0.25) is 0 Å². The van der Waals surface area contributed by atoms with Gasteiger partial charge < -0.3 is 14.2 Å². The number of ether oxygens (including phenoxy) is 3. The summed E-state index contributed by atoms with van der Waals surface area (Å²) in [7, 11) is 1.62. The van der Waals surface area contributed by atoms with Gasteiger partial charge in [-0.2, -0.15) is 0 Å². The Kier molecular flexibility index (Phi) is 9.47. The molecule has 35 heavy (non-hydrogen) atoms. The van der Waals surface area contributed by atoms with E-state index in [4.69, 9.17) is 14.2 Å². The Morgan fingerprint density at radius 2 is 1.11 bits per heavy atom. The van der Waals surface area contributed by atoms with E-state index in [1.54, 1.807) is 55.6 Å². The van der Waals surface area contributed by atoms with Gasteiger partial charge in [0.2, 0.25) is 0 Å². The molecule has 1 aliphatic rings. The van der Waals surface area contributed by atoms with Crippen molar-refractivity contribution in [1.82, 2.24) is 0 Å². The molecule has 0 saturated heterocycles. The third kappa shape index (κ3) is 8.29. The predicted octanol–water partition coefficient (Wildman–Crippen LogP) is 6.95. The predicted molar refractivity (Wildman–Crippen MR) is 137 cm³/mol. The fourth-order valence-corrected chi connectivity index (χ4v) is 3.80. The highest BCUT2D eigenvalue weighted by molar-refractivity contribution is 5.91. The average Bonchev–Trinajstić information content (AvgIpc) is 2.87. The number of hydrogen-bond acceptors (Lipinski definition) is 5. The molecule has 0 radical (unpaired) electrons. The van der Waals surface area contributed by atoms with Crippen LogP contribution < -0.4 is 14.2 Å². The highest BCUT2D eigenvalue weighted by Gasteiger charge is 2.25. The van der Waals surface area contributed by atoms with Crippen LogP contribution in [0.15, 0.2) is 72.8 Å². The van der Waals surface area contributed by atoms with Gasteiger partial charge in [0.25, 0.3) is 0 Å². The zero-order valence-corrected chi connectivity index (χ0v) is 21.0. The summed E-state index contributed by atoms with van der Waals surface area (Å²) in [6.07, 6.45) is 4.16. The summed E-state index contributed by atoms with van der Waals surface area (Å²) in [4.78, 5) is 23.8. The molecule has 0 N–H and O–H groups in total. The minimum Gasteiger partial charge on any atom is -0.497 e. The molecule has 0 heterocycles. The van der Waals surface area contributed by atoms with Crippen molar-refractivity contribution < 1.29 is 23.8 Å². The first kappa shape index (κ1) is 26.0. The molecule has 0 unspecified atom stereocenters. The summed E-state index contributed by atoms with van der Waals surface area (Å²) >= 11 is 0. The van der Waals surface area contributed by atoms with E-state index in [1.807, 2.05) is 38.1 Å². The molecule has 184 valence electrons. The summed E-state index contributed by atoms with van der Waals surface area (Å²) in [6.45, 7) is 6.21. The molecule has 3 aromatic carbocycles. The maximum atomic E-state index is 12.0. The van der Waals surface area contributed by atoms with E-state index in [9.17, 15) is 9.59 Å². The van der Waals surface area contributed by atoms with Gasteiger partial charge in [0.15, 0.2) is 0 Å². The number of carbonyl (C=O) groups excluding carboxylic acids is 2. The van der Waals surface area contributed by atoms with Crippen LogP contribution >= 0.6 is 0 Å². The highest BCUT2D eigenvalue weighted by Crippen LogP contribution is 2.29. The monoisotopic (exact) mass is 474 g/mol. The third-order valence-electron chi connectivity index (χ3n) is 6.15. The molecular weight excluding hydrogens is 440 g/mol. The molecule has 1 saturated carbocycles. The molecule has 0 spiro atoms. The van der Waals surface area contributed by atoms with Gasteiger partial charge in [-0.25, -0.2) is 4.79 Å². The number of esters is 2. The first-order valence-corrected chi connectivity index (χ1v) is 12.1. The summed E-state index contributed by atoms with van der Waals surface area (Å²) in [5.41, 5.74) is 2.83. The molecule has 0 atom stereocenters. The number of benzene rings is 3. The van der Waals surface area contributed by atoms with Crippen molar-refractivity contribution in [3.63, 3.8) is 0 Å². The van der Waals surface area contributed by atoms with E-state index in [-0.39, 0.29) is 17.9 Å². The summed E-state index contributed by atoms with van der Waals surface area (Å²) in [6, 6.07) is 21.9. The highest BCUT2D eigenvalue weighted by atomic mass is 16.5. The smallest absolute Gasteiger partial charge is 0.343 e. The van der Waals surface area contributed by atoms with E-state index in [1.165, 1.54) is 0 Å². The summed E-state index contributed by atoms with van der Waals surface area (Å²) < 4.78 is 15.7. The first-order chi connectivity index (χ1) is 16.8. The van der Waals surface area contributed by atoms with Crippen LogP contribution in [0, 0.1) is 25.7 Å². The normalized spacial score (nSPS) is 16.9. The van der Waals surface area contributed by atoms with E-state index >= 15 is 0 Å². The van der Waals surface area contributed by atoms with Crippen LogP contribution in [0.1, 0.15) is 54.1 Å². The van der Waals surface area contributed by atoms with Gasteiger partial charge >= 0.3 is 11.9 Å². The molecule has 0 aromatic heterocycles. The Balaban J connectivity index is 0.000000196. The lowest BCUT2D eigenvalue weighted by Gasteiger charge is -2.24. The Bertz CT molecular complexity index is 1080. The molecule has 1 aliphatic carbocycles. The van der Waals surface area contributed by atoms with Crippen LogP contribution in [-0.4, -0.2) is 19.0 Å². The van der Waals surface area contributed by atoms with Crippen molar-refractivity contribution in [2.45, 2.75) is 46.5 Å². The second-order valence-corrected chi connectivity index (χ2v) is 9.12. The molecule has 1 fully saturated rings. The van der Waals surface area contributed by atoms with Crippen LogP contribution in [0.5, 0.6) is 17.2 Å². The van der Waals surface area contributed by atoms with Gasteiger partial charge in [-0.05, 0) is 94.0 Å². The van der Waals surface area contributed by atoms with Gasteiger partial charge in [0.1, 0.15) is 17.2 Å². The molecule has 5 heteroatoms. The number of rotatable bonds is 5. The minimum absolute atomic E-state index is 0.0725. The number of aryl methyl sites for hydroxylation is 2. The first-order valence-electron chi connectivity index (χ1n) is 12.1. The van der Waals surface area contributed by atoms with Crippen LogP contribution in [0.3, 0.4) is 0 Å². The topological polar surface area (TPSA) is 61.8 Å². The van der Waals surface area contributed by atoms with Crippen molar-refractivity contribution in [3.8, 4) is 17.2 Å². The number of methoxy groups -OCH3 is 1. The van der Waals surface area contributed by atoms with Crippen molar-refractivity contribution in [1.29, 1.82) is 0 Å². The Morgan fingerprint density at radius 3 is 1.66 bits per heavy atom. The maximum absolute atomic E-state index is 12.0. The quantitative estimate of drug-likeness (QED) is 0.296. The summed E-state index contributed by atoms with van der Waals surface area (Å²) in [5, 5.41) is 0. The van der Waals surface area contributed by atoms with E-state index in [2.05, 4.69) is 6.92 Å². The summed E-state index contributed by atoms with van der Waals surface area (Å²) in [5.74, 6) is 2.33. The molecule has 4 rings (SSSR count). The average molecular weight is 475 g/mol. The molecule has 0 aliphatic heterocycles. The molecular formula is C30H34O5. The Hall–Kier alpha value is -3.60. The van der Waals surface area contributed by atoms with Crippen molar-refractivity contribution in [2.75, 3.05) is 7.11 Å². The minimum atomic E-state index is -0.325. The number of hydrogen-bond donors (Lipinski definition) is 0. The van der Waals surface area contributed by atoms with Crippen LogP contribution in [0.25, 0.3) is 0 Å². The fraction of sp³-hybridized carbons (Fsp3) is 0.333. The zero-order valence-electron chi connectivity index (χ0n) is 21.0. The molecule has 3 aromatic rings. The lowest BCUT2D eigenvalue weighted by Crippen LogP contribution is -2.24. The second-order valence-electron chi connectivity index (χ2n) is 9.12. The van der Waals surface area contributed by atoms with Gasteiger partial charge in [-0.1, -0.05) is 42.3 Å². The van der Waals surface area contributed by atoms with E-state index < -0.39 is 0 Å². The molecule has 5 nitrogen and oxygen atoms in total. The fourth-order valence-electron chi connectivity index (χ4n) is 3.80. The van der Waals surface area contributed by atoms with Crippen molar-refractivity contribution in [2.24, 2.45) is 11.8 Å². The third-order valence-corrected chi connectivity index (χ3v) is 6.15. The van der Waals surface area contributed by atoms with E-state index in [0.717, 1.165) is 48.5 Å². The Labute approximate surface area is 208 Å². The van der Waals surface area contributed by atoms with Crippen molar-refractivity contribution in [3.05, 3.63) is 89.5 Å². The largest absolute Gasteiger partial charge is 0.497 e. The van der Waals surface area contributed by atoms with Crippen molar-refractivity contribution >= 4 is 11.9 Å². The molecule has 0 amide bonds. The number of carbonyl (C=O) groups is 2. The van der Waals surface area contributed by atoms with Gasteiger partial charge in [0.05, 0.1) is 18.6 Å². The van der Waals surface area contributed by atoms with E-state index in [0.29, 0.717) is 17.1 Å². The van der Waals surface area contributed by atoms with Gasteiger partial charge in [-0.3, -0.25) is 4.79 Å². The van der Waals surface area contributed by atoms with Crippen LogP contribution in [0.4, 0.5) is 0 Å². The second kappa shape index (κ2) is 12.7. The maximum Gasteiger partial charge on any atom is 0.343 e. The zero-order chi connectivity index (χ0) is 25.2. The lowest BCUT2D eigenvalue weighted by molar-refractivity contribution is -0.140. The molecule has 0 bridgehead atoms. The van der Waals surface area contributed by atoms with Gasteiger partial charge in [-0.15, -0.1) is 0 Å². The van der Waals surface area contributed by atoms with Crippen LogP contribution in [-0.2, 0) is 4.79 Å². The van der Waals surface area contributed by atoms with Gasteiger partial charge in [0, 0.05) is 0 Å². The standard InChI is InChI=1S/C15H20O3.C15H14O2/c1-11-3-5-12(6-4-11)15(16)18-14-9-7-13(17-2)8-10-14;1-11-3-7-13(8-4-11)15(16)17-14-9-5-12(2)6-10-14/h7-12H,3-6H2,1-2H3;3-10H,1-2H3. The lowest BCUT2D eigenvalue weighted by atomic mass is 9.83. The SMILES string of the molecule is COc1ccc(OC(=O)C2CCC(C)CC2)cc1.Cc1ccc(OC(=O)c2ccc(C)cc2)cc1. The Morgan fingerprint density at radius 1 is 0.657 bits per heavy atom.